The molecule has 1 aliphatic heterocycles. The zero-order valence-electron chi connectivity index (χ0n) is 11.8. The van der Waals surface area contributed by atoms with Crippen LogP contribution in [0.2, 0.25) is 0 Å². The van der Waals surface area contributed by atoms with Crippen LogP contribution >= 0.6 is 15.9 Å². The molecule has 1 atom stereocenters. The molecule has 1 aliphatic rings. The molecule has 106 valence electrons. The van der Waals surface area contributed by atoms with Crippen molar-refractivity contribution >= 4 is 27.7 Å². The summed E-state index contributed by atoms with van der Waals surface area (Å²) in [4.78, 5) is 22.5. The predicted octanol–water partition coefficient (Wildman–Crippen LogP) is 2.74. The van der Waals surface area contributed by atoms with Crippen molar-refractivity contribution in [1.29, 1.82) is 0 Å². The van der Waals surface area contributed by atoms with E-state index in [2.05, 4.69) is 34.4 Å². The standard InChI is InChI=1S/C5H8N2O2.C4H8.C2H3Br.C2H6/c6-4(8)3-1-2-7-5(3)9;1-4(2)3;1-2-3;1-2/h3H,1-2H2,(H2,6,8)(H,7,9);1H2,2-3H3;2H,1H2;1-2H3. The van der Waals surface area contributed by atoms with Crippen LogP contribution in [0.4, 0.5) is 0 Å². The number of hydrogen-bond acceptors (Lipinski definition) is 2. The SMILES string of the molecule is C=C(C)C.C=CBr.CC.NC(=O)C1CCNC1=O. The van der Waals surface area contributed by atoms with Crippen molar-refractivity contribution in [3.05, 3.63) is 23.7 Å². The van der Waals surface area contributed by atoms with Crippen LogP contribution in [0.5, 0.6) is 0 Å². The molecule has 1 saturated heterocycles. The van der Waals surface area contributed by atoms with Crippen molar-refractivity contribution in [3.8, 4) is 0 Å². The Bertz CT molecular complexity index is 262. The zero-order chi connectivity index (χ0) is 15.1. The average molecular weight is 321 g/mol. The van der Waals surface area contributed by atoms with E-state index >= 15 is 0 Å². The summed E-state index contributed by atoms with van der Waals surface area (Å²) in [5.74, 6) is -1.34. The van der Waals surface area contributed by atoms with Gasteiger partial charge in [0.1, 0.15) is 5.92 Å². The van der Waals surface area contributed by atoms with Gasteiger partial charge in [-0.05, 0) is 25.3 Å². The highest BCUT2D eigenvalue weighted by molar-refractivity contribution is 9.11. The monoisotopic (exact) mass is 320 g/mol. The van der Waals surface area contributed by atoms with Crippen molar-refractivity contribution in [2.45, 2.75) is 34.1 Å². The minimum atomic E-state index is -0.579. The molecule has 3 N–H and O–H groups in total. The zero-order valence-corrected chi connectivity index (χ0v) is 13.3. The first kappa shape index (κ1) is 22.1. The van der Waals surface area contributed by atoms with Gasteiger partial charge in [-0.3, -0.25) is 9.59 Å². The molecular weight excluding hydrogens is 296 g/mol. The molecule has 0 spiro atoms. The summed E-state index contributed by atoms with van der Waals surface area (Å²) in [6.45, 7) is 15.4. The van der Waals surface area contributed by atoms with Gasteiger partial charge in [0.2, 0.25) is 11.8 Å². The molecule has 5 heteroatoms. The number of carbonyl (C=O) groups excluding carboxylic acids is 2. The molecule has 0 bridgehead atoms. The predicted molar refractivity (Wildman–Crippen MR) is 81.3 cm³/mol. The highest BCUT2D eigenvalue weighted by atomic mass is 79.9. The second-order valence-electron chi connectivity index (χ2n) is 3.40. The second kappa shape index (κ2) is 15.9. The molecule has 0 aromatic carbocycles. The van der Waals surface area contributed by atoms with Crippen LogP contribution in [-0.4, -0.2) is 18.4 Å². The van der Waals surface area contributed by atoms with Crippen LogP contribution < -0.4 is 11.1 Å². The Hall–Kier alpha value is -1.10. The smallest absolute Gasteiger partial charge is 0.232 e. The number of rotatable bonds is 1. The Kier molecular flexibility index (Phi) is 19.5. The van der Waals surface area contributed by atoms with Gasteiger partial charge < -0.3 is 11.1 Å². The Morgan fingerprint density at radius 3 is 1.94 bits per heavy atom. The number of nitrogens with one attached hydrogen (secondary N) is 1. The summed E-state index contributed by atoms with van der Waals surface area (Å²) in [6, 6.07) is 0. The number of primary amides is 1. The molecule has 18 heavy (non-hydrogen) atoms. The fraction of sp³-hybridized carbons (Fsp3) is 0.538. The van der Waals surface area contributed by atoms with Gasteiger partial charge in [-0.15, -0.1) is 6.58 Å². The van der Waals surface area contributed by atoms with Gasteiger partial charge in [-0.25, -0.2) is 0 Å². The minimum absolute atomic E-state index is 0.234. The maximum Gasteiger partial charge on any atom is 0.232 e. The molecule has 0 aromatic rings. The largest absolute Gasteiger partial charge is 0.369 e. The molecule has 1 fully saturated rings. The summed E-state index contributed by atoms with van der Waals surface area (Å²) in [5.41, 5.74) is 6.06. The van der Waals surface area contributed by atoms with Crippen molar-refractivity contribution in [1.82, 2.24) is 5.32 Å². The third-order valence-electron chi connectivity index (χ3n) is 1.39. The second-order valence-corrected chi connectivity index (χ2v) is 4.04. The molecule has 2 amide bonds. The Balaban J connectivity index is -0.000000212. The van der Waals surface area contributed by atoms with Crippen LogP contribution in [0.25, 0.3) is 0 Å². The molecular formula is C13H25BrN2O2. The quantitative estimate of drug-likeness (QED) is 0.576. The normalized spacial score (nSPS) is 15.4. The average Bonchev–Trinajstić information content (AvgIpc) is 2.68. The van der Waals surface area contributed by atoms with Crippen LogP contribution in [0.15, 0.2) is 23.7 Å². The number of hydrogen-bond donors (Lipinski definition) is 2. The number of carbonyl (C=O) groups is 2. The lowest BCUT2D eigenvalue weighted by atomic mass is 10.1. The summed E-state index contributed by atoms with van der Waals surface area (Å²) < 4.78 is 0. The van der Waals surface area contributed by atoms with E-state index in [9.17, 15) is 9.59 Å². The van der Waals surface area contributed by atoms with E-state index in [0.29, 0.717) is 13.0 Å². The van der Waals surface area contributed by atoms with E-state index in [0.717, 1.165) is 0 Å². The van der Waals surface area contributed by atoms with Gasteiger partial charge in [0.05, 0.1) is 0 Å². The lowest BCUT2D eigenvalue weighted by Gasteiger charge is -1.96. The maximum atomic E-state index is 10.6. The van der Waals surface area contributed by atoms with Crippen molar-refractivity contribution in [3.63, 3.8) is 0 Å². The Labute approximate surface area is 119 Å². The van der Waals surface area contributed by atoms with Gasteiger partial charge in [0, 0.05) is 6.54 Å². The molecule has 1 rings (SSSR count). The summed E-state index contributed by atoms with van der Waals surface area (Å²) in [7, 11) is 0. The van der Waals surface area contributed by atoms with Crippen molar-refractivity contribution in [2.24, 2.45) is 11.7 Å². The Morgan fingerprint density at radius 2 is 1.83 bits per heavy atom. The van der Waals surface area contributed by atoms with Gasteiger partial charge in [0.15, 0.2) is 0 Å². The first-order valence-corrected chi connectivity index (χ1v) is 6.68. The molecule has 1 unspecified atom stereocenters. The van der Waals surface area contributed by atoms with E-state index in [-0.39, 0.29) is 5.91 Å². The third-order valence-corrected chi connectivity index (χ3v) is 1.39. The van der Waals surface area contributed by atoms with Gasteiger partial charge >= 0.3 is 0 Å². The number of halogens is 1. The lowest BCUT2D eigenvalue weighted by molar-refractivity contribution is -0.131. The maximum absolute atomic E-state index is 10.6. The Morgan fingerprint density at radius 1 is 1.50 bits per heavy atom. The number of allylic oxidation sites excluding steroid dienone is 1. The van der Waals surface area contributed by atoms with Crippen molar-refractivity contribution in [2.75, 3.05) is 6.54 Å². The summed E-state index contributed by atoms with van der Waals surface area (Å²) >= 11 is 2.91. The fourth-order valence-corrected chi connectivity index (χ4v) is 0.865. The molecule has 1 heterocycles. The van der Waals surface area contributed by atoms with Crippen LogP contribution in [0.1, 0.15) is 34.1 Å². The van der Waals surface area contributed by atoms with E-state index in [4.69, 9.17) is 5.73 Å². The van der Waals surface area contributed by atoms with Crippen LogP contribution in [0.3, 0.4) is 0 Å². The molecule has 0 aliphatic carbocycles. The van der Waals surface area contributed by atoms with E-state index < -0.39 is 11.8 Å². The molecule has 0 saturated carbocycles. The highest BCUT2D eigenvalue weighted by Gasteiger charge is 2.28. The highest BCUT2D eigenvalue weighted by Crippen LogP contribution is 2.06. The topological polar surface area (TPSA) is 72.2 Å². The van der Waals surface area contributed by atoms with Crippen molar-refractivity contribution < 1.29 is 9.59 Å². The number of amides is 2. The summed E-state index contributed by atoms with van der Waals surface area (Å²) in [6.07, 6.45) is 0.550. The summed E-state index contributed by atoms with van der Waals surface area (Å²) in [5, 5.41) is 2.51. The van der Waals surface area contributed by atoms with Gasteiger partial charge in [0.25, 0.3) is 0 Å². The lowest BCUT2D eigenvalue weighted by Crippen LogP contribution is -2.30. The minimum Gasteiger partial charge on any atom is -0.369 e. The van der Waals surface area contributed by atoms with E-state index in [1.807, 2.05) is 27.7 Å². The van der Waals surface area contributed by atoms with E-state index in [1.165, 1.54) is 5.57 Å². The fourth-order valence-electron chi connectivity index (χ4n) is 0.865. The third kappa shape index (κ3) is 17.3. The van der Waals surface area contributed by atoms with Crippen LogP contribution in [0, 0.1) is 5.92 Å². The molecule has 0 aromatic heterocycles. The molecule has 4 nitrogen and oxygen atoms in total. The first-order chi connectivity index (χ1) is 8.36. The molecule has 0 radical (unpaired) electrons. The van der Waals surface area contributed by atoms with Crippen LogP contribution in [-0.2, 0) is 9.59 Å². The first-order valence-electron chi connectivity index (χ1n) is 5.77. The van der Waals surface area contributed by atoms with Gasteiger partial charge in [-0.1, -0.05) is 41.9 Å². The number of nitrogens with two attached hydrogens (primary N) is 1. The van der Waals surface area contributed by atoms with E-state index in [1.54, 1.807) is 4.99 Å². The van der Waals surface area contributed by atoms with Gasteiger partial charge in [-0.2, -0.15) is 0 Å².